The maximum Gasteiger partial charge on any atom is 0.402 e. The van der Waals surface area contributed by atoms with Gasteiger partial charge in [0, 0.05) is 13.6 Å². The lowest BCUT2D eigenvalue weighted by Crippen LogP contribution is -2.43. The topological polar surface area (TPSA) is 75.4 Å². The van der Waals surface area contributed by atoms with Gasteiger partial charge in [-0.2, -0.15) is 30.6 Å². The molecule has 0 saturated carbocycles. The van der Waals surface area contributed by atoms with Crippen LogP contribution in [0.3, 0.4) is 0 Å². The zero-order chi connectivity index (χ0) is 12.1. The highest BCUT2D eigenvalue weighted by atomic mass is 32.2. The van der Waals surface area contributed by atoms with Crippen molar-refractivity contribution < 1.29 is 21.6 Å². The Morgan fingerprint density at radius 1 is 1.40 bits per heavy atom. The second-order valence-corrected chi connectivity index (χ2v) is 4.77. The minimum atomic E-state index is -4.55. The third kappa shape index (κ3) is 6.66. The molecule has 0 heterocycles. The van der Waals surface area contributed by atoms with E-state index in [0.29, 0.717) is 6.42 Å². The minimum Gasteiger partial charge on any atom is -0.330 e. The summed E-state index contributed by atoms with van der Waals surface area (Å²) in [7, 11) is -2.87. The van der Waals surface area contributed by atoms with Crippen molar-refractivity contribution in [2.24, 2.45) is 5.73 Å². The molecule has 0 spiro atoms. The third-order valence-corrected chi connectivity index (χ3v) is 3.05. The maximum absolute atomic E-state index is 11.7. The van der Waals surface area contributed by atoms with E-state index in [9.17, 15) is 21.6 Å². The number of nitrogens with two attached hydrogens (primary N) is 1. The first-order valence-electron chi connectivity index (χ1n) is 4.17. The quantitative estimate of drug-likeness (QED) is 0.676. The van der Waals surface area contributed by atoms with Gasteiger partial charge in [-0.3, -0.25) is 0 Å². The molecular formula is C6H14F3N3O2S. The van der Waals surface area contributed by atoms with Crippen LogP contribution < -0.4 is 10.5 Å². The van der Waals surface area contributed by atoms with Crippen LogP contribution in [0.5, 0.6) is 0 Å². The molecule has 0 rings (SSSR count). The van der Waals surface area contributed by atoms with Crippen molar-refractivity contribution in [2.45, 2.75) is 12.6 Å². The van der Waals surface area contributed by atoms with E-state index in [-0.39, 0.29) is 13.1 Å². The average molecular weight is 249 g/mol. The monoisotopic (exact) mass is 249 g/mol. The van der Waals surface area contributed by atoms with Crippen LogP contribution in [0.4, 0.5) is 13.2 Å². The van der Waals surface area contributed by atoms with Crippen molar-refractivity contribution >= 4 is 10.2 Å². The molecule has 0 amide bonds. The van der Waals surface area contributed by atoms with Crippen LogP contribution >= 0.6 is 0 Å². The molecule has 0 saturated heterocycles. The number of alkyl halides is 3. The Balaban J connectivity index is 4.18. The molecule has 15 heavy (non-hydrogen) atoms. The molecule has 0 aromatic rings. The van der Waals surface area contributed by atoms with Crippen LogP contribution in [-0.2, 0) is 10.2 Å². The number of nitrogens with one attached hydrogen (secondary N) is 1. The minimum absolute atomic E-state index is 0.0870. The maximum atomic E-state index is 11.7. The molecule has 9 heteroatoms. The van der Waals surface area contributed by atoms with Crippen molar-refractivity contribution in [2.75, 3.05) is 26.7 Å². The van der Waals surface area contributed by atoms with Gasteiger partial charge < -0.3 is 5.73 Å². The van der Waals surface area contributed by atoms with Crippen LogP contribution in [0.15, 0.2) is 0 Å². The van der Waals surface area contributed by atoms with Gasteiger partial charge in [-0.15, -0.1) is 0 Å². The summed E-state index contributed by atoms with van der Waals surface area (Å²) in [5.41, 5.74) is 5.14. The fourth-order valence-electron chi connectivity index (χ4n) is 0.717. The van der Waals surface area contributed by atoms with E-state index in [1.54, 1.807) is 0 Å². The Kier molecular flexibility index (Phi) is 5.49. The summed E-state index contributed by atoms with van der Waals surface area (Å²) < 4.78 is 59.8. The zero-order valence-corrected chi connectivity index (χ0v) is 9.03. The predicted molar refractivity (Wildman–Crippen MR) is 49.3 cm³/mol. The van der Waals surface area contributed by atoms with E-state index < -0.39 is 22.9 Å². The lowest BCUT2D eigenvalue weighted by molar-refractivity contribution is -0.121. The van der Waals surface area contributed by atoms with Crippen LogP contribution in [0.2, 0.25) is 0 Å². The molecule has 0 fully saturated rings. The first kappa shape index (κ1) is 14.6. The number of rotatable bonds is 6. The SMILES string of the molecule is CN(CCCN)S(=O)(=O)NCC(F)(F)F. The highest BCUT2D eigenvalue weighted by Crippen LogP contribution is 2.13. The normalized spacial score (nSPS) is 13.5. The van der Waals surface area contributed by atoms with E-state index in [1.807, 2.05) is 0 Å². The number of halogens is 3. The molecule has 0 aliphatic rings. The van der Waals surface area contributed by atoms with Gasteiger partial charge in [0.05, 0.1) is 0 Å². The standard InChI is InChI=1S/C6H14F3N3O2S/c1-12(4-2-3-10)15(13,14)11-5-6(7,8)9/h11H,2-5,10H2,1H3. The molecule has 0 unspecified atom stereocenters. The number of hydrogen-bond donors (Lipinski definition) is 2. The van der Waals surface area contributed by atoms with Crippen LogP contribution in [0, 0.1) is 0 Å². The molecule has 3 N–H and O–H groups in total. The van der Waals surface area contributed by atoms with Crippen LogP contribution in [0.1, 0.15) is 6.42 Å². The van der Waals surface area contributed by atoms with Gasteiger partial charge in [-0.1, -0.05) is 0 Å². The van der Waals surface area contributed by atoms with Gasteiger partial charge in [0.15, 0.2) is 0 Å². The Morgan fingerprint density at radius 2 is 1.93 bits per heavy atom. The predicted octanol–water partition coefficient (Wildman–Crippen LogP) is -0.336. The van der Waals surface area contributed by atoms with Gasteiger partial charge in [-0.25, -0.2) is 0 Å². The molecule has 0 aliphatic heterocycles. The van der Waals surface area contributed by atoms with Crippen LogP contribution in [0.25, 0.3) is 0 Å². The smallest absolute Gasteiger partial charge is 0.330 e. The lowest BCUT2D eigenvalue weighted by atomic mass is 10.4. The van der Waals surface area contributed by atoms with E-state index in [1.165, 1.54) is 11.8 Å². The largest absolute Gasteiger partial charge is 0.402 e. The molecule has 0 radical (unpaired) electrons. The molecular weight excluding hydrogens is 235 g/mol. The molecule has 0 aliphatic carbocycles. The highest BCUT2D eigenvalue weighted by Gasteiger charge is 2.30. The Bertz CT molecular complexity index is 278. The summed E-state index contributed by atoms with van der Waals surface area (Å²) in [5, 5.41) is 0. The molecule has 92 valence electrons. The second-order valence-electron chi connectivity index (χ2n) is 2.91. The Labute approximate surface area is 86.6 Å². The molecule has 0 aromatic heterocycles. The van der Waals surface area contributed by atoms with Crippen molar-refractivity contribution in [1.82, 2.24) is 9.03 Å². The summed E-state index contributed by atoms with van der Waals surface area (Å²) in [5.74, 6) is 0. The van der Waals surface area contributed by atoms with E-state index in [4.69, 9.17) is 5.73 Å². The fraction of sp³-hybridized carbons (Fsp3) is 1.00. The first-order chi connectivity index (χ1) is 6.69. The highest BCUT2D eigenvalue weighted by molar-refractivity contribution is 7.87. The summed E-state index contributed by atoms with van der Waals surface area (Å²) in [6, 6.07) is 0. The first-order valence-corrected chi connectivity index (χ1v) is 5.61. The van der Waals surface area contributed by atoms with Crippen molar-refractivity contribution in [3.63, 3.8) is 0 Å². The van der Waals surface area contributed by atoms with E-state index in [2.05, 4.69) is 0 Å². The zero-order valence-electron chi connectivity index (χ0n) is 8.21. The second kappa shape index (κ2) is 5.64. The summed E-state index contributed by atoms with van der Waals surface area (Å²) in [6.45, 7) is -1.20. The van der Waals surface area contributed by atoms with E-state index >= 15 is 0 Å². The molecule has 0 bridgehead atoms. The number of hydrogen-bond acceptors (Lipinski definition) is 3. The molecule has 5 nitrogen and oxygen atoms in total. The van der Waals surface area contributed by atoms with Crippen molar-refractivity contribution in [3.05, 3.63) is 0 Å². The average Bonchev–Trinajstić information content (AvgIpc) is 2.10. The summed E-state index contributed by atoms with van der Waals surface area (Å²) in [4.78, 5) is 0. The number of nitrogens with zero attached hydrogens (tertiary/aromatic N) is 1. The lowest BCUT2D eigenvalue weighted by Gasteiger charge is -2.17. The van der Waals surface area contributed by atoms with Crippen molar-refractivity contribution in [1.29, 1.82) is 0 Å². The molecule has 0 atom stereocenters. The van der Waals surface area contributed by atoms with E-state index in [0.717, 1.165) is 4.31 Å². The van der Waals surface area contributed by atoms with Crippen LogP contribution in [-0.4, -0.2) is 45.6 Å². The van der Waals surface area contributed by atoms with Gasteiger partial charge in [0.2, 0.25) is 0 Å². The third-order valence-electron chi connectivity index (χ3n) is 1.54. The van der Waals surface area contributed by atoms with Crippen molar-refractivity contribution in [3.8, 4) is 0 Å². The van der Waals surface area contributed by atoms with Gasteiger partial charge in [0.25, 0.3) is 10.2 Å². The summed E-state index contributed by atoms with van der Waals surface area (Å²) in [6.07, 6.45) is -4.16. The Morgan fingerprint density at radius 3 is 2.33 bits per heavy atom. The fourth-order valence-corrected chi connectivity index (χ4v) is 1.65. The van der Waals surface area contributed by atoms with Gasteiger partial charge >= 0.3 is 6.18 Å². The summed E-state index contributed by atoms with van der Waals surface area (Å²) >= 11 is 0. The van der Waals surface area contributed by atoms with Gasteiger partial charge in [-0.05, 0) is 13.0 Å². The Hall–Kier alpha value is -0.380. The van der Waals surface area contributed by atoms with Gasteiger partial charge in [0.1, 0.15) is 6.54 Å². The molecule has 0 aromatic carbocycles.